The molecule has 130 valence electrons. The van der Waals surface area contributed by atoms with Crippen molar-refractivity contribution in [1.82, 2.24) is 24.5 Å². The minimum Gasteiger partial charge on any atom is -0.293 e. The summed E-state index contributed by atoms with van der Waals surface area (Å²) >= 11 is 7.83. The van der Waals surface area contributed by atoms with Gasteiger partial charge in [-0.2, -0.15) is 4.68 Å². The molecule has 0 bridgehead atoms. The second-order valence-electron chi connectivity index (χ2n) is 5.66. The van der Waals surface area contributed by atoms with Gasteiger partial charge in [0.1, 0.15) is 6.33 Å². The lowest BCUT2D eigenvalue weighted by atomic mass is 10.2. The number of fused-ring (bicyclic) bond motifs is 1. The van der Waals surface area contributed by atoms with E-state index in [0.29, 0.717) is 17.2 Å². The second-order valence-corrected chi connectivity index (χ2v) is 6.91. The van der Waals surface area contributed by atoms with Crippen LogP contribution in [0.4, 0.5) is 0 Å². The highest BCUT2D eigenvalue weighted by Crippen LogP contribution is 2.26. The third-order valence-corrected chi connectivity index (χ3v) is 5.22. The zero-order valence-electron chi connectivity index (χ0n) is 13.8. The molecule has 0 spiro atoms. The van der Waals surface area contributed by atoms with Gasteiger partial charge in [0, 0.05) is 4.90 Å². The van der Waals surface area contributed by atoms with Crippen LogP contribution < -0.4 is 5.56 Å². The summed E-state index contributed by atoms with van der Waals surface area (Å²) in [5, 5.41) is 8.78. The van der Waals surface area contributed by atoms with Gasteiger partial charge in [0.25, 0.3) is 5.56 Å². The van der Waals surface area contributed by atoms with Gasteiger partial charge in [-0.05, 0) is 36.1 Å². The third-order valence-electron chi connectivity index (χ3n) is 4.00. The van der Waals surface area contributed by atoms with Crippen molar-refractivity contribution in [3.05, 3.63) is 75.8 Å². The number of rotatable bonds is 4. The molecule has 2 aromatic heterocycles. The molecule has 0 aliphatic heterocycles. The second kappa shape index (κ2) is 6.93. The van der Waals surface area contributed by atoms with E-state index in [0.717, 1.165) is 16.1 Å². The summed E-state index contributed by atoms with van der Waals surface area (Å²) in [5.41, 5.74) is 2.17. The molecule has 26 heavy (non-hydrogen) atoms. The Labute approximate surface area is 158 Å². The van der Waals surface area contributed by atoms with Gasteiger partial charge in [-0.25, -0.2) is 4.98 Å². The van der Waals surface area contributed by atoms with E-state index in [1.807, 2.05) is 54.8 Å². The number of aromatic nitrogens is 5. The molecular weight excluding hydrogens is 370 g/mol. The molecule has 0 unspecified atom stereocenters. The van der Waals surface area contributed by atoms with Gasteiger partial charge in [-0.1, -0.05) is 41.1 Å². The summed E-state index contributed by atoms with van der Waals surface area (Å²) in [6, 6.07) is 15.2. The first-order valence-electron chi connectivity index (χ1n) is 7.86. The third kappa shape index (κ3) is 3.00. The molecule has 0 radical (unpaired) electrons. The number of para-hydroxylation sites is 1. The van der Waals surface area contributed by atoms with Gasteiger partial charge in [0.2, 0.25) is 0 Å². The molecule has 2 aromatic carbocycles. The van der Waals surface area contributed by atoms with E-state index in [1.165, 1.54) is 10.9 Å². The number of hydrogen-bond acceptors (Lipinski definition) is 5. The van der Waals surface area contributed by atoms with E-state index in [1.54, 1.807) is 16.4 Å². The van der Waals surface area contributed by atoms with Crippen molar-refractivity contribution in [3.8, 4) is 5.69 Å². The quantitative estimate of drug-likeness (QED) is 0.505. The maximum atomic E-state index is 12.8. The number of thioether (sulfide) groups is 1. The van der Waals surface area contributed by atoms with Crippen LogP contribution in [-0.4, -0.2) is 30.8 Å². The van der Waals surface area contributed by atoms with E-state index in [9.17, 15) is 4.79 Å². The monoisotopic (exact) mass is 383 g/mol. The number of benzene rings is 2. The summed E-state index contributed by atoms with van der Waals surface area (Å²) in [5.74, 6) is 0. The smallest absolute Gasteiger partial charge is 0.283 e. The highest BCUT2D eigenvalue weighted by molar-refractivity contribution is 7.98. The van der Waals surface area contributed by atoms with E-state index in [2.05, 4.69) is 15.3 Å². The van der Waals surface area contributed by atoms with Crippen molar-refractivity contribution in [3.63, 3.8) is 0 Å². The summed E-state index contributed by atoms with van der Waals surface area (Å²) in [6.07, 6.45) is 3.49. The molecule has 8 heteroatoms. The van der Waals surface area contributed by atoms with Gasteiger partial charge < -0.3 is 0 Å². The van der Waals surface area contributed by atoms with Crippen LogP contribution in [0, 0.1) is 0 Å². The fourth-order valence-electron chi connectivity index (χ4n) is 2.70. The van der Waals surface area contributed by atoms with Gasteiger partial charge in [-0.3, -0.25) is 9.36 Å². The van der Waals surface area contributed by atoms with Crippen molar-refractivity contribution in [2.24, 2.45) is 0 Å². The number of hydrogen-bond donors (Lipinski definition) is 0. The first-order valence-corrected chi connectivity index (χ1v) is 9.46. The van der Waals surface area contributed by atoms with Crippen LogP contribution in [0.15, 0.2) is 64.5 Å². The highest BCUT2D eigenvalue weighted by atomic mass is 35.5. The van der Waals surface area contributed by atoms with Crippen molar-refractivity contribution in [2.75, 3.05) is 6.26 Å². The Morgan fingerprint density at radius 3 is 2.69 bits per heavy atom. The summed E-state index contributed by atoms with van der Waals surface area (Å²) < 4.78 is 3.07. The van der Waals surface area contributed by atoms with Crippen LogP contribution in [0.1, 0.15) is 5.56 Å². The molecule has 0 N–H and O–H groups in total. The molecule has 4 rings (SSSR count). The molecule has 0 fully saturated rings. The Bertz CT molecular complexity index is 1140. The normalized spacial score (nSPS) is 11.2. The largest absolute Gasteiger partial charge is 0.293 e. The van der Waals surface area contributed by atoms with Gasteiger partial charge in [-0.15, -0.1) is 16.9 Å². The molecule has 0 atom stereocenters. The van der Waals surface area contributed by atoms with Crippen molar-refractivity contribution < 1.29 is 0 Å². The van der Waals surface area contributed by atoms with Crippen LogP contribution in [0.25, 0.3) is 16.9 Å². The predicted octanol–water partition coefficient (Wildman–Crippen LogP) is 3.40. The fraction of sp³-hybridized carbons (Fsp3) is 0.111. The molecule has 0 amide bonds. The van der Waals surface area contributed by atoms with Crippen molar-refractivity contribution in [2.45, 2.75) is 11.4 Å². The number of halogens is 1. The maximum Gasteiger partial charge on any atom is 0.283 e. The molecule has 0 aliphatic carbocycles. The Kier molecular flexibility index (Phi) is 4.48. The van der Waals surface area contributed by atoms with Crippen molar-refractivity contribution in [1.29, 1.82) is 0 Å². The topological polar surface area (TPSA) is 65.6 Å². The Morgan fingerprint density at radius 1 is 1.15 bits per heavy atom. The van der Waals surface area contributed by atoms with Crippen LogP contribution in [-0.2, 0) is 6.54 Å². The molecule has 6 nitrogen and oxygen atoms in total. The Balaban J connectivity index is 1.73. The van der Waals surface area contributed by atoms with Gasteiger partial charge >= 0.3 is 0 Å². The molecule has 4 aromatic rings. The summed E-state index contributed by atoms with van der Waals surface area (Å²) in [4.78, 5) is 18.2. The first kappa shape index (κ1) is 16.8. The summed E-state index contributed by atoms with van der Waals surface area (Å²) in [7, 11) is 0. The first-order chi connectivity index (χ1) is 12.7. The van der Waals surface area contributed by atoms with Gasteiger partial charge in [0.15, 0.2) is 11.2 Å². The maximum absolute atomic E-state index is 12.8. The Morgan fingerprint density at radius 2 is 1.96 bits per heavy atom. The minimum atomic E-state index is -0.234. The lowest BCUT2D eigenvalue weighted by Gasteiger charge is -2.08. The molecule has 2 heterocycles. The highest BCUT2D eigenvalue weighted by Gasteiger charge is 2.13. The van der Waals surface area contributed by atoms with E-state index in [4.69, 9.17) is 11.6 Å². The van der Waals surface area contributed by atoms with Crippen LogP contribution in [0.5, 0.6) is 0 Å². The zero-order chi connectivity index (χ0) is 18.1. The number of nitrogens with zero attached hydrogens (tertiary/aromatic N) is 5. The van der Waals surface area contributed by atoms with Crippen LogP contribution in [0.2, 0.25) is 5.02 Å². The molecule has 0 aliphatic rings. The molecule has 0 saturated heterocycles. The standard InChI is InChI=1S/C18H14ClN5OS/c1-26-15-8-7-12(9-14(15)19)10-23-11-20-17-16(18(23)25)21-22-24(17)13-5-3-2-4-6-13/h2-9,11H,10H2,1H3. The average molecular weight is 384 g/mol. The predicted molar refractivity (Wildman–Crippen MR) is 103 cm³/mol. The lowest BCUT2D eigenvalue weighted by molar-refractivity contribution is 0.744. The van der Waals surface area contributed by atoms with Crippen LogP contribution >= 0.6 is 23.4 Å². The van der Waals surface area contributed by atoms with Gasteiger partial charge in [0.05, 0.1) is 17.3 Å². The minimum absolute atomic E-state index is 0.234. The van der Waals surface area contributed by atoms with E-state index >= 15 is 0 Å². The Hall–Kier alpha value is -2.64. The average Bonchev–Trinajstić information content (AvgIpc) is 3.10. The summed E-state index contributed by atoms with van der Waals surface area (Å²) in [6.45, 7) is 0.369. The fourth-order valence-corrected chi connectivity index (χ4v) is 3.60. The van der Waals surface area contributed by atoms with E-state index in [-0.39, 0.29) is 11.1 Å². The van der Waals surface area contributed by atoms with E-state index < -0.39 is 0 Å². The van der Waals surface area contributed by atoms with Crippen molar-refractivity contribution >= 4 is 34.5 Å². The molecular formula is C18H14ClN5OS. The molecule has 0 saturated carbocycles. The zero-order valence-corrected chi connectivity index (χ0v) is 15.4. The lowest BCUT2D eigenvalue weighted by Crippen LogP contribution is -2.21. The SMILES string of the molecule is CSc1ccc(Cn2cnc3c(nnn3-c3ccccc3)c2=O)cc1Cl. The van der Waals surface area contributed by atoms with Crippen LogP contribution in [0.3, 0.4) is 0 Å².